The van der Waals surface area contributed by atoms with E-state index in [-0.39, 0.29) is 5.69 Å². The van der Waals surface area contributed by atoms with Crippen LogP contribution in [0.2, 0.25) is 0 Å². The fourth-order valence-electron chi connectivity index (χ4n) is 2.10. The lowest BCUT2D eigenvalue weighted by atomic mass is 10.1. The second-order valence-corrected chi connectivity index (χ2v) is 5.41. The number of hydrogen-bond donors (Lipinski definition) is 1. The summed E-state index contributed by atoms with van der Waals surface area (Å²) in [6, 6.07) is 4.86. The normalized spacial score (nSPS) is 20.3. The van der Waals surface area contributed by atoms with Gasteiger partial charge in [0.25, 0.3) is 0 Å². The van der Waals surface area contributed by atoms with Gasteiger partial charge in [0.1, 0.15) is 0 Å². The minimum Gasteiger partial charge on any atom is -0.490 e. The Hall–Kier alpha value is -1.78. The Morgan fingerprint density at radius 3 is 2.72 bits per heavy atom. The molecule has 0 heterocycles. The van der Waals surface area contributed by atoms with Gasteiger partial charge in [0, 0.05) is 24.4 Å². The fraction of sp³-hybridized carbons (Fsp3) is 0.538. The summed E-state index contributed by atoms with van der Waals surface area (Å²) in [5.74, 6) is 0.971. The highest BCUT2D eigenvalue weighted by Crippen LogP contribution is 2.51. The van der Waals surface area contributed by atoms with Crippen LogP contribution >= 0.6 is 0 Å². The van der Waals surface area contributed by atoms with Crippen LogP contribution in [0.4, 0.5) is 11.4 Å². The second kappa shape index (κ2) is 4.48. The van der Waals surface area contributed by atoms with Crippen molar-refractivity contribution in [1.29, 1.82) is 0 Å². The van der Waals surface area contributed by atoms with Crippen molar-refractivity contribution in [3.8, 4) is 5.75 Å². The lowest BCUT2D eigenvalue weighted by Gasteiger charge is -2.09. The Morgan fingerprint density at radius 2 is 2.22 bits per heavy atom. The number of nitrogens with one attached hydrogen (secondary N) is 1. The molecule has 0 aromatic heterocycles. The zero-order valence-electron chi connectivity index (χ0n) is 10.9. The molecule has 1 fully saturated rings. The maximum atomic E-state index is 10.8. The zero-order valence-corrected chi connectivity index (χ0v) is 10.9. The zero-order chi connectivity index (χ0) is 13.3. The molecular formula is C13H18N2O3. The van der Waals surface area contributed by atoms with E-state index in [1.165, 1.54) is 19.6 Å². The third-order valence-electron chi connectivity index (χ3n) is 3.65. The lowest BCUT2D eigenvalue weighted by molar-refractivity contribution is -0.385. The van der Waals surface area contributed by atoms with Gasteiger partial charge < -0.3 is 10.1 Å². The topological polar surface area (TPSA) is 64.4 Å². The summed E-state index contributed by atoms with van der Waals surface area (Å²) in [4.78, 5) is 10.3. The van der Waals surface area contributed by atoms with Gasteiger partial charge in [-0.2, -0.15) is 0 Å². The van der Waals surface area contributed by atoms with Gasteiger partial charge in [-0.05, 0) is 23.8 Å². The van der Waals surface area contributed by atoms with Crippen molar-refractivity contribution < 1.29 is 9.66 Å². The molecule has 0 aliphatic heterocycles. The smallest absolute Gasteiger partial charge is 0.311 e. The number of nitro groups is 1. The van der Waals surface area contributed by atoms with Gasteiger partial charge in [0.05, 0.1) is 12.0 Å². The van der Waals surface area contributed by atoms with Crippen LogP contribution in [-0.4, -0.2) is 18.6 Å². The van der Waals surface area contributed by atoms with Crippen LogP contribution in [0.15, 0.2) is 18.2 Å². The molecule has 0 radical (unpaired) electrons. The van der Waals surface area contributed by atoms with Crippen molar-refractivity contribution in [2.45, 2.75) is 20.3 Å². The van der Waals surface area contributed by atoms with Crippen molar-refractivity contribution in [3.05, 3.63) is 28.3 Å². The number of nitro benzene ring substituents is 1. The van der Waals surface area contributed by atoms with Crippen molar-refractivity contribution in [1.82, 2.24) is 0 Å². The number of nitrogens with zero attached hydrogens (tertiary/aromatic N) is 1. The summed E-state index contributed by atoms with van der Waals surface area (Å²) in [5.41, 5.74) is 1.28. The third kappa shape index (κ3) is 2.55. The molecule has 1 aromatic carbocycles. The SMILES string of the molecule is COc1cc(NCC2CC2(C)C)ccc1[N+](=O)[O-]. The highest BCUT2D eigenvalue weighted by atomic mass is 16.6. The van der Waals surface area contributed by atoms with Gasteiger partial charge in [-0.25, -0.2) is 0 Å². The van der Waals surface area contributed by atoms with Crippen molar-refractivity contribution >= 4 is 11.4 Å². The van der Waals surface area contributed by atoms with E-state index in [2.05, 4.69) is 19.2 Å². The Labute approximate surface area is 106 Å². The Kier molecular flexibility index (Phi) is 3.15. The summed E-state index contributed by atoms with van der Waals surface area (Å²) in [6.07, 6.45) is 1.23. The molecular weight excluding hydrogens is 232 g/mol. The summed E-state index contributed by atoms with van der Waals surface area (Å²) >= 11 is 0. The first-order chi connectivity index (χ1) is 8.44. The molecule has 1 aromatic rings. The molecule has 1 unspecified atom stereocenters. The predicted molar refractivity (Wildman–Crippen MR) is 70.0 cm³/mol. The molecule has 98 valence electrons. The van der Waals surface area contributed by atoms with Gasteiger partial charge in [-0.1, -0.05) is 13.8 Å². The first-order valence-electron chi connectivity index (χ1n) is 6.00. The van der Waals surface area contributed by atoms with Crippen molar-refractivity contribution in [2.75, 3.05) is 19.0 Å². The first kappa shape index (κ1) is 12.7. The highest BCUT2D eigenvalue weighted by Gasteiger charge is 2.44. The summed E-state index contributed by atoms with van der Waals surface area (Å²) < 4.78 is 5.03. The molecule has 1 atom stereocenters. The first-order valence-corrected chi connectivity index (χ1v) is 6.00. The van der Waals surface area contributed by atoms with Crippen LogP contribution in [-0.2, 0) is 0 Å². The van der Waals surface area contributed by atoms with Crippen LogP contribution in [0.25, 0.3) is 0 Å². The van der Waals surface area contributed by atoms with Gasteiger partial charge in [0.2, 0.25) is 0 Å². The van der Waals surface area contributed by atoms with E-state index >= 15 is 0 Å². The lowest BCUT2D eigenvalue weighted by Crippen LogP contribution is -2.07. The predicted octanol–water partition coefficient (Wildman–Crippen LogP) is 3.06. The molecule has 1 aliphatic carbocycles. The standard InChI is InChI=1S/C13H18N2O3/c1-13(2)7-9(13)8-14-10-4-5-11(15(16)17)12(6-10)18-3/h4-6,9,14H,7-8H2,1-3H3. The molecule has 1 saturated carbocycles. The monoisotopic (exact) mass is 250 g/mol. The Morgan fingerprint density at radius 1 is 1.56 bits per heavy atom. The number of hydrogen-bond acceptors (Lipinski definition) is 4. The maximum Gasteiger partial charge on any atom is 0.311 e. The minimum absolute atomic E-state index is 0.00481. The van der Waals surface area contributed by atoms with E-state index in [1.807, 2.05) is 0 Å². The van der Waals surface area contributed by atoms with E-state index in [9.17, 15) is 10.1 Å². The van der Waals surface area contributed by atoms with E-state index < -0.39 is 4.92 Å². The average Bonchev–Trinajstić information content (AvgIpc) is 2.94. The van der Waals surface area contributed by atoms with E-state index in [0.717, 1.165) is 12.2 Å². The molecule has 18 heavy (non-hydrogen) atoms. The molecule has 5 nitrogen and oxygen atoms in total. The minimum atomic E-state index is -0.438. The largest absolute Gasteiger partial charge is 0.490 e. The molecule has 1 aliphatic rings. The third-order valence-corrected chi connectivity index (χ3v) is 3.65. The Bertz CT molecular complexity index is 471. The van der Waals surface area contributed by atoms with Crippen LogP contribution in [0.3, 0.4) is 0 Å². The Balaban J connectivity index is 2.04. The maximum absolute atomic E-state index is 10.8. The molecule has 0 spiro atoms. The number of benzene rings is 1. The van der Waals surface area contributed by atoms with E-state index in [4.69, 9.17) is 4.74 Å². The highest BCUT2D eigenvalue weighted by molar-refractivity contribution is 5.58. The molecule has 5 heteroatoms. The molecule has 1 N–H and O–H groups in total. The molecule has 0 saturated heterocycles. The van der Waals surface area contributed by atoms with Gasteiger partial charge in [-0.15, -0.1) is 0 Å². The van der Waals surface area contributed by atoms with Gasteiger partial charge in [0.15, 0.2) is 5.75 Å². The van der Waals surface area contributed by atoms with Crippen LogP contribution in [0.5, 0.6) is 5.75 Å². The quantitative estimate of drug-likeness (QED) is 0.644. The van der Waals surface area contributed by atoms with E-state index in [0.29, 0.717) is 17.1 Å². The number of ether oxygens (including phenoxy) is 1. The van der Waals surface area contributed by atoms with Crippen LogP contribution < -0.4 is 10.1 Å². The second-order valence-electron chi connectivity index (χ2n) is 5.41. The molecule has 0 amide bonds. The number of methoxy groups -OCH3 is 1. The number of anilines is 1. The van der Waals surface area contributed by atoms with Crippen molar-refractivity contribution in [2.24, 2.45) is 11.3 Å². The van der Waals surface area contributed by atoms with Crippen LogP contribution in [0, 0.1) is 21.4 Å². The number of rotatable bonds is 5. The summed E-state index contributed by atoms with van der Waals surface area (Å²) in [6.45, 7) is 5.39. The molecule has 0 bridgehead atoms. The van der Waals surface area contributed by atoms with Crippen molar-refractivity contribution in [3.63, 3.8) is 0 Å². The van der Waals surface area contributed by atoms with Gasteiger partial charge >= 0.3 is 5.69 Å². The van der Waals surface area contributed by atoms with Gasteiger partial charge in [-0.3, -0.25) is 10.1 Å². The summed E-state index contributed by atoms with van der Waals surface area (Å²) in [7, 11) is 1.44. The molecule has 2 rings (SSSR count). The fourth-order valence-corrected chi connectivity index (χ4v) is 2.10. The average molecular weight is 250 g/mol. The van der Waals surface area contributed by atoms with E-state index in [1.54, 1.807) is 12.1 Å². The summed E-state index contributed by atoms with van der Waals surface area (Å²) in [5, 5.41) is 14.1. The van der Waals surface area contributed by atoms with Crippen LogP contribution in [0.1, 0.15) is 20.3 Å².